The minimum atomic E-state index is -4.73. The Morgan fingerprint density at radius 3 is 2.08 bits per heavy atom. The number of ether oxygens (including phenoxy) is 2. The molecular weight excluding hydrogens is 502 g/mol. The van der Waals surface area contributed by atoms with Gasteiger partial charge in [-0.1, -0.05) is 50.7 Å². The summed E-state index contributed by atoms with van der Waals surface area (Å²) in [5.41, 5.74) is 0.690. The van der Waals surface area contributed by atoms with Gasteiger partial charge in [-0.25, -0.2) is 9.59 Å². The van der Waals surface area contributed by atoms with Gasteiger partial charge < -0.3 is 14.4 Å². The van der Waals surface area contributed by atoms with Crippen LogP contribution in [0.2, 0.25) is 0 Å². The van der Waals surface area contributed by atoms with E-state index < -0.39 is 27.0 Å². The van der Waals surface area contributed by atoms with Crippen molar-refractivity contribution in [2.75, 3.05) is 19.1 Å². The second-order valence-electron chi connectivity index (χ2n) is 8.80. The fraction of sp³-hybridized carbons (Fsp3) is 0.231. The van der Waals surface area contributed by atoms with E-state index in [1.807, 2.05) is 24.3 Å². The molecule has 190 valence electrons. The lowest BCUT2D eigenvalue weighted by molar-refractivity contribution is -0.139. The van der Waals surface area contributed by atoms with Gasteiger partial charge in [-0.3, -0.25) is 4.55 Å². The third kappa shape index (κ3) is 6.07. The predicted octanol–water partition coefficient (Wildman–Crippen LogP) is 4.87. The minimum absolute atomic E-state index is 0.00751. The highest BCUT2D eigenvalue weighted by Crippen LogP contribution is 2.37. The largest absolute Gasteiger partial charge is 0.465 e. The summed E-state index contributed by atoms with van der Waals surface area (Å²) in [6.45, 7) is 6.34. The number of allylic oxidation sites excluding steroid dienone is 2. The van der Waals surface area contributed by atoms with Gasteiger partial charge in [0.2, 0.25) is 0 Å². The Balaban J connectivity index is 2.11. The van der Waals surface area contributed by atoms with E-state index in [0.29, 0.717) is 4.90 Å². The Kier molecular flexibility index (Phi) is 8.12. The molecule has 0 spiro atoms. The molecule has 0 saturated heterocycles. The molecule has 0 radical (unpaired) electrons. The lowest BCUT2D eigenvalue weighted by Crippen LogP contribution is -2.28. The second-order valence-corrected chi connectivity index (χ2v) is 11.3. The summed E-state index contributed by atoms with van der Waals surface area (Å²) in [5.74, 6) is -1.72. The molecule has 2 aromatic carbocycles. The molecule has 0 aliphatic carbocycles. The van der Waals surface area contributed by atoms with E-state index in [-0.39, 0.29) is 22.4 Å². The predicted molar refractivity (Wildman–Crippen MR) is 137 cm³/mol. The van der Waals surface area contributed by atoms with Crippen molar-refractivity contribution in [2.45, 2.75) is 40.9 Å². The third-order valence-corrected chi connectivity index (χ3v) is 7.19. The van der Waals surface area contributed by atoms with Crippen molar-refractivity contribution in [1.29, 1.82) is 0 Å². The fourth-order valence-electron chi connectivity index (χ4n) is 3.47. The first-order valence-electron chi connectivity index (χ1n) is 10.8. The average Bonchev–Trinajstić information content (AvgIpc) is 3.05. The van der Waals surface area contributed by atoms with E-state index in [1.165, 1.54) is 53.2 Å². The van der Waals surface area contributed by atoms with Gasteiger partial charge in [0.25, 0.3) is 10.1 Å². The summed E-state index contributed by atoms with van der Waals surface area (Å²) in [5, 5.41) is 0. The summed E-state index contributed by atoms with van der Waals surface area (Å²) in [4.78, 5) is 27.2. The molecule has 3 rings (SSSR count). The molecule has 0 fully saturated rings. The molecule has 0 atom stereocenters. The Morgan fingerprint density at radius 2 is 1.53 bits per heavy atom. The second kappa shape index (κ2) is 10.7. The van der Waals surface area contributed by atoms with Gasteiger partial charge in [0, 0.05) is 16.0 Å². The highest BCUT2D eigenvalue weighted by molar-refractivity contribution is 7.99. The molecule has 1 aliphatic rings. The molecule has 0 amide bonds. The van der Waals surface area contributed by atoms with Crippen LogP contribution < -0.4 is 4.90 Å². The van der Waals surface area contributed by atoms with Crippen molar-refractivity contribution >= 4 is 39.5 Å². The lowest BCUT2D eigenvalue weighted by Gasteiger charge is -2.25. The van der Waals surface area contributed by atoms with Crippen LogP contribution in [0.25, 0.3) is 0 Å². The standard InChI is InChI=1S/C26H27NO7S2/c1-26(2,3)17-9-11-18(12-10-17)35-19-13-14-21(22(16-19)36(30,31)32)27-15-7-6-8-20(24(28)33-4)23(27)25(29)34-5/h6-16H,1-5H3,(H,30,31,32). The smallest absolute Gasteiger partial charge is 0.355 e. The van der Waals surface area contributed by atoms with Crippen molar-refractivity contribution in [3.63, 3.8) is 0 Å². The molecule has 2 aromatic rings. The van der Waals surface area contributed by atoms with Gasteiger partial charge in [-0.05, 0) is 53.5 Å². The van der Waals surface area contributed by atoms with Gasteiger partial charge in [-0.15, -0.1) is 0 Å². The zero-order valence-corrected chi connectivity index (χ0v) is 22.1. The number of carbonyl (C=O) groups excluding carboxylic acids is 2. The Bertz CT molecular complexity index is 1370. The summed E-state index contributed by atoms with van der Waals surface area (Å²) in [6.07, 6.45) is 5.74. The molecule has 1 N–H and O–H groups in total. The number of methoxy groups -OCH3 is 2. The quantitative estimate of drug-likeness (QED) is 0.414. The van der Waals surface area contributed by atoms with Gasteiger partial charge in [0.05, 0.1) is 25.5 Å². The van der Waals surface area contributed by atoms with Crippen LogP contribution in [0.15, 0.2) is 92.8 Å². The van der Waals surface area contributed by atoms with E-state index >= 15 is 0 Å². The Hall–Kier alpha value is -3.34. The van der Waals surface area contributed by atoms with E-state index in [2.05, 4.69) is 20.8 Å². The van der Waals surface area contributed by atoms with Gasteiger partial charge >= 0.3 is 11.9 Å². The molecule has 0 saturated carbocycles. The number of hydrogen-bond acceptors (Lipinski definition) is 8. The maximum atomic E-state index is 12.7. The molecule has 8 nitrogen and oxygen atoms in total. The first-order valence-corrected chi connectivity index (χ1v) is 13.1. The Labute approximate surface area is 215 Å². The first kappa shape index (κ1) is 27.3. The van der Waals surface area contributed by atoms with Crippen LogP contribution in [0.5, 0.6) is 0 Å². The van der Waals surface area contributed by atoms with E-state index in [4.69, 9.17) is 9.47 Å². The van der Waals surface area contributed by atoms with E-state index in [0.717, 1.165) is 24.7 Å². The van der Waals surface area contributed by atoms with Crippen molar-refractivity contribution in [1.82, 2.24) is 0 Å². The number of esters is 2. The van der Waals surface area contributed by atoms with Crippen molar-refractivity contribution in [2.24, 2.45) is 0 Å². The van der Waals surface area contributed by atoms with Crippen LogP contribution in [0.1, 0.15) is 26.3 Å². The number of carbonyl (C=O) groups is 2. The zero-order valence-electron chi connectivity index (χ0n) is 20.5. The Morgan fingerprint density at radius 1 is 0.917 bits per heavy atom. The molecule has 0 unspecified atom stereocenters. The van der Waals surface area contributed by atoms with Gasteiger partial charge in [0.15, 0.2) is 0 Å². The summed E-state index contributed by atoms with van der Waals surface area (Å²) in [6, 6.07) is 12.3. The molecule has 0 aromatic heterocycles. The van der Waals surface area contributed by atoms with Crippen LogP contribution in [0.3, 0.4) is 0 Å². The van der Waals surface area contributed by atoms with Crippen LogP contribution in [0, 0.1) is 0 Å². The molecule has 0 bridgehead atoms. The normalized spacial score (nSPS) is 14.0. The number of rotatable bonds is 6. The highest BCUT2D eigenvalue weighted by Gasteiger charge is 2.31. The minimum Gasteiger partial charge on any atom is -0.465 e. The van der Waals surface area contributed by atoms with Crippen LogP contribution in [-0.2, 0) is 34.6 Å². The van der Waals surface area contributed by atoms with Crippen molar-refractivity contribution in [3.8, 4) is 0 Å². The summed E-state index contributed by atoms with van der Waals surface area (Å²) < 4.78 is 44.5. The zero-order chi connectivity index (χ0) is 26.7. The fourth-order valence-corrected chi connectivity index (χ4v) is 5.11. The first-order chi connectivity index (χ1) is 16.9. The van der Waals surface area contributed by atoms with Crippen molar-refractivity contribution < 1.29 is 32.0 Å². The van der Waals surface area contributed by atoms with Crippen molar-refractivity contribution in [3.05, 3.63) is 83.7 Å². The third-order valence-electron chi connectivity index (χ3n) is 5.31. The monoisotopic (exact) mass is 529 g/mol. The van der Waals surface area contributed by atoms with E-state index in [9.17, 15) is 22.6 Å². The highest BCUT2D eigenvalue weighted by atomic mass is 32.2. The summed E-state index contributed by atoms with van der Waals surface area (Å²) in [7, 11) is -2.44. The van der Waals surface area contributed by atoms with Crippen LogP contribution >= 0.6 is 11.8 Å². The van der Waals surface area contributed by atoms with Crippen LogP contribution in [-0.4, -0.2) is 39.1 Å². The molecular formula is C26H27NO7S2. The molecule has 36 heavy (non-hydrogen) atoms. The lowest BCUT2D eigenvalue weighted by atomic mass is 9.87. The number of hydrogen-bond donors (Lipinski definition) is 1. The van der Waals surface area contributed by atoms with Crippen LogP contribution in [0.4, 0.5) is 5.69 Å². The van der Waals surface area contributed by atoms with E-state index in [1.54, 1.807) is 6.07 Å². The maximum absolute atomic E-state index is 12.7. The molecule has 1 aliphatic heterocycles. The van der Waals surface area contributed by atoms with Gasteiger partial charge in [-0.2, -0.15) is 8.42 Å². The summed E-state index contributed by atoms with van der Waals surface area (Å²) >= 11 is 1.32. The maximum Gasteiger partial charge on any atom is 0.355 e. The number of nitrogens with zero attached hydrogens (tertiary/aromatic N) is 1. The topological polar surface area (TPSA) is 110 Å². The van der Waals surface area contributed by atoms with Gasteiger partial charge in [0.1, 0.15) is 10.6 Å². The average molecular weight is 530 g/mol. The number of anilines is 1. The molecule has 1 heterocycles. The number of benzene rings is 2. The molecule has 10 heteroatoms. The SMILES string of the molecule is COC(=O)C1=C(C(=O)OC)N(c2ccc(Sc3ccc(C(C)(C)C)cc3)cc2S(=O)(=O)O)C=CC=C1.